The monoisotopic (exact) mass is 1040 g/mol. The molecule has 6 heterocycles. The number of rotatable bonds is 9. The molecule has 0 unspecified atom stereocenters. The number of aromatic nitrogens is 8. The minimum absolute atomic E-state index is 0.534. The van der Waals surface area contributed by atoms with Crippen LogP contribution in [0.25, 0.3) is 78.0 Å². The molecule has 3 N–H and O–H groups in total. The molecule has 12 rings (SSSR count). The summed E-state index contributed by atoms with van der Waals surface area (Å²) < 4.78 is 16.9. The predicted octanol–water partition coefficient (Wildman–Crippen LogP) is 14.1. The molecule has 0 bridgehead atoms. The minimum Gasteiger partial charge on any atom is -0.536 e. The van der Waals surface area contributed by atoms with Crippen LogP contribution in [0.4, 0.5) is 0 Å². The van der Waals surface area contributed by atoms with E-state index in [9.17, 15) is 0 Å². The van der Waals surface area contributed by atoms with Gasteiger partial charge >= 0.3 is 7.69 Å². The fourth-order valence-corrected chi connectivity index (χ4v) is 9.17. The Hall–Kier alpha value is -6.91. The van der Waals surface area contributed by atoms with Gasteiger partial charge in [0.15, 0.2) is 0 Å². The first kappa shape index (κ1) is 48.1. The van der Waals surface area contributed by atoms with Crippen molar-refractivity contribution in [2.75, 3.05) is 0 Å². The quantitative estimate of drug-likeness (QED) is 0.0936. The van der Waals surface area contributed by atoms with Crippen LogP contribution in [0.3, 0.4) is 0 Å². The number of hydrogen-bond donors (Lipinski definition) is 3. The topological polar surface area (TPSA) is 165 Å². The first-order valence-electron chi connectivity index (χ1n) is 23.7. The van der Waals surface area contributed by atoms with Crippen molar-refractivity contribution in [3.8, 4) is 61.6 Å². The lowest BCUT2D eigenvalue weighted by Crippen LogP contribution is -2.01. The number of aromatic amines is 2. The van der Waals surface area contributed by atoms with E-state index in [0.29, 0.717) is 31.0 Å². The average molecular weight is 1040 g/mol. The van der Waals surface area contributed by atoms with Crippen molar-refractivity contribution in [3.05, 3.63) is 160 Å². The highest BCUT2D eigenvalue weighted by atomic mass is 127. The molecule has 12 nitrogen and oxygen atoms in total. The highest BCUT2D eigenvalue weighted by molar-refractivity contribution is 14.1. The van der Waals surface area contributed by atoms with Crippen LogP contribution in [0, 0.1) is 37.2 Å². The Morgan fingerprint density at radius 1 is 0.600 bits per heavy atom. The molecule has 70 heavy (non-hydrogen) atoms. The van der Waals surface area contributed by atoms with Gasteiger partial charge < -0.3 is 28.7 Å². The lowest BCUT2D eigenvalue weighted by molar-refractivity contribution is 0.393. The molecule has 2 fully saturated rings. The van der Waals surface area contributed by atoms with Crippen LogP contribution in [-0.2, 0) is 0 Å². The maximum absolute atomic E-state index is 8.62. The van der Waals surface area contributed by atoms with Crippen molar-refractivity contribution < 1.29 is 18.7 Å². The Labute approximate surface area is 422 Å². The summed E-state index contributed by atoms with van der Waals surface area (Å²) in [6.45, 7) is 14.4. The number of pyridine rings is 2. The van der Waals surface area contributed by atoms with Gasteiger partial charge in [0, 0.05) is 61.2 Å². The molecule has 6 aromatic heterocycles. The van der Waals surface area contributed by atoms with Gasteiger partial charge in [-0.2, -0.15) is 0 Å². The SMILES string of the molecule is CC(C)C.Cc1noc(C)c1-c1cc(-c2cccnc2-c2ccccc2)c2nc(C3CC3)[nH]c2c1.Cc1noc(C)c1-c1cc(I)c2nc(C3CC3)[nH]c2c1.O[B]Oc1cccnc1-c1ccccc1. The fourth-order valence-electron chi connectivity index (χ4n) is 8.42. The third-order valence-electron chi connectivity index (χ3n) is 11.9. The summed E-state index contributed by atoms with van der Waals surface area (Å²) in [6, 6.07) is 36.3. The second-order valence-electron chi connectivity index (χ2n) is 18.4. The summed E-state index contributed by atoms with van der Waals surface area (Å²) in [5.74, 6) is 6.45. The molecule has 2 aliphatic rings. The van der Waals surface area contributed by atoms with E-state index in [0.717, 1.165) is 113 Å². The zero-order valence-corrected chi connectivity index (χ0v) is 42.6. The van der Waals surface area contributed by atoms with Gasteiger partial charge in [-0.25, -0.2) is 9.97 Å². The van der Waals surface area contributed by atoms with E-state index < -0.39 is 0 Å². The average Bonchev–Trinajstić information content (AvgIpc) is 4.25. The van der Waals surface area contributed by atoms with Gasteiger partial charge in [0.2, 0.25) is 0 Å². The normalized spacial score (nSPS) is 13.0. The lowest BCUT2D eigenvalue weighted by atomic mass is 9.94. The Bertz CT molecular complexity index is 3330. The first-order chi connectivity index (χ1) is 34.0. The Kier molecular flexibility index (Phi) is 14.7. The van der Waals surface area contributed by atoms with Crippen LogP contribution >= 0.6 is 22.6 Å². The smallest absolute Gasteiger partial charge is 0.536 e. The molecule has 0 aliphatic heterocycles. The zero-order valence-electron chi connectivity index (χ0n) is 40.4. The lowest BCUT2D eigenvalue weighted by Gasteiger charge is -2.12. The number of nitrogens with one attached hydrogen (secondary N) is 2. The molecule has 4 aromatic carbocycles. The molecule has 2 saturated carbocycles. The minimum atomic E-state index is 0.534. The number of H-pyrrole nitrogens is 2. The molecular weight excluding hydrogens is 986 g/mol. The second kappa shape index (κ2) is 21.4. The fraction of sp³-hybridized carbons (Fsp3) is 0.250. The summed E-state index contributed by atoms with van der Waals surface area (Å²) in [6.07, 6.45) is 8.45. The molecule has 0 spiro atoms. The van der Waals surface area contributed by atoms with Crippen LogP contribution in [0.15, 0.2) is 131 Å². The zero-order chi connectivity index (χ0) is 48.9. The van der Waals surface area contributed by atoms with Gasteiger partial charge in [-0.1, -0.05) is 97.8 Å². The van der Waals surface area contributed by atoms with Crippen molar-refractivity contribution in [2.24, 2.45) is 5.92 Å². The Balaban J connectivity index is 0.000000134. The molecular formula is C56H55BIN8O4. The molecule has 0 saturated heterocycles. The van der Waals surface area contributed by atoms with Crippen LogP contribution in [-0.4, -0.2) is 52.9 Å². The standard InChI is InChI=1S/C26H22N4O.C15H14IN3O.C11H9BNO2.C4H10/c1-15-23(16(2)31-30-15)19-13-21(25-22(14-19)28-26(29-25)18-10-11-18)20-9-6-12-27-24(20)17-7-4-3-5-8-17;1-7-13(8(2)20-19-7)10-5-11(16)14-12(6-10)17-15(18-14)9-3-4-9;14-12-15-10-7-4-8-13-11(10)9-5-2-1-3-6-9;1-4(2)3/h3-9,12-14,18H,10-11H2,1-2H3,(H,28,29);5-6,9H,3-4H2,1-2H3,(H,17,18);1-8,14H;4H,1-3H3. The summed E-state index contributed by atoms with van der Waals surface area (Å²) in [7, 11) is 0.656. The van der Waals surface area contributed by atoms with E-state index in [4.69, 9.17) is 33.7 Å². The third-order valence-corrected chi connectivity index (χ3v) is 12.7. The maximum atomic E-state index is 8.62. The summed E-state index contributed by atoms with van der Waals surface area (Å²) >= 11 is 2.36. The molecule has 2 aliphatic carbocycles. The van der Waals surface area contributed by atoms with Crippen molar-refractivity contribution in [3.63, 3.8) is 0 Å². The van der Waals surface area contributed by atoms with E-state index in [1.54, 1.807) is 18.3 Å². The number of imidazole rings is 2. The first-order valence-corrected chi connectivity index (χ1v) is 24.8. The molecule has 14 heteroatoms. The number of halogens is 1. The summed E-state index contributed by atoms with van der Waals surface area (Å²) in [4.78, 5) is 25.8. The van der Waals surface area contributed by atoms with Crippen molar-refractivity contribution in [2.45, 2.75) is 86.0 Å². The molecule has 0 atom stereocenters. The largest absolute Gasteiger partial charge is 0.569 e. The Morgan fingerprint density at radius 2 is 1.09 bits per heavy atom. The number of benzene rings is 4. The van der Waals surface area contributed by atoms with Crippen LogP contribution in [0.1, 0.15) is 92.8 Å². The number of nitrogens with zero attached hydrogens (tertiary/aromatic N) is 6. The molecule has 353 valence electrons. The molecule has 1 radical (unpaired) electrons. The molecule has 10 aromatic rings. The number of aryl methyl sites for hydroxylation is 4. The predicted molar refractivity (Wildman–Crippen MR) is 286 cm³/mol. The number of fused-ring (bicyclic) bond motifs is 2. The highest BCUT2D eigenvalue weighted by Crippen LogP contribution is 2.44. The van der Waals surface area contributed by atoms with Crippen LogP contribution in [0.5, 0.6) is 5.75 Å². The van der Waals surface area contributed by atoms with Gasteiger partial charge in [0.25, 0.3) is 0 Å². The number of hydrogen-bond acceptors (Lipinski definition) is 10. The summed E-state index contributed by atoms with van der Waals surface area (Å²) in [5, 5.41) is 16.8. The van der Waals surface area contributed by atoms with Crippen LogP contribution < -0.4 is 4.65 Å². The third kappa shape index (κ3) is 10.9. The van der Waals surface area contributed by atoms with Gasteiger partial charge in [-0.05, 0) is 135 Å². The second-order valence-corrected chi connectivity index (χ2v) is 19.6. The summed E-state index contributed by atoms with van der Waals surface area (Å²) in [5.41, 5.74) is 16.2. The van der Waals surface area contributed by atoms with Crippen molar-refractivity contribution in [1.29, 1.82) is 0 Å². The van der Waals surface area contributed by atoms with E-state index in [2.05, 4.69) is 111 Å². The molecule has 0 amide bonds. The van der Waals surface area contributed by atoms with Gasteiger partial charge in [0.1, 0.15) is 40.1 Å². The van der Waals surface area contributed by atoms with E-state index in [1.165, 1.54) is 29.3 Å². The highest BCUT2D eigenvalue weighted by Gasteiger charge is 2.29. The van der Waals surface area contributed by atoms with Crippen molar-refractivity contribution >= 4 is 52.3 Å². The van der Waals surface area contributed by atoms with Crippen molar-refractivity contribution in [1.82, 2.24) is 40.2 Å². The van der Waals surface area contributed by atoms with Crippen LogP contribution in [0.2, 0.25) is 0 Å². The van der Waals surface area contributed by atoms with E-state index >= 15 is 0 Å². The van der Waals surface area contributed by atoms with Gasteiger partial charge in [-0.3, -0.25) is 9.97 Å². The van der Waals surface area contributed by atoms with E-state index in [-0.39, 0.29) is 0 Å². The van der Waals surface area contributed by atoms with Gasteiger partial charge in [-0.15, -0.1) is 0 Å². The maximum Gasteiger partial charge on any atom is 0.569 e. The van der Waals surface area contributed by atoms with E-state index in [1.807, 2.05) is 88.5 Å². The Morgan fingerprint density at radius 3 is 1.60 bits per heavy atom. The van der Waals surface area contributed by atoms with Gasteiger partial charge in [0.05, 0.1) is 33.6 Å².